The van der Waals surface area contributed by atoms with E-state index in [0.29, 0.717) is 37.7 Å². The van der Waals surface area contributed by atoms with Gasteiger partial charge in [0.05, 0.1) is 18.8 Å². The minimum Gasteiger partial charge on any atom is -0.405 e. The zero-order valence-corrected chi connectivity index (χ0v) is 18.0. The van der Waals surface area contributed by atoms with Gasteiger partial charge in [-0.2, -0.15) is 0 Å². The van der Waals surface area contributed by atoms with Gasteiger partial charge in [-0.05, 0) is 30.3 Å². The zero-order valence-electron chi connectivity index (χ0n) is 18.0. The Hall–Kier alpha value is -3.92. The summed E-state index contributed by atoms with van der Waals surface area (Å²) in [4.78, 5) is 22.9. The van der Waals surface area contributed by atoms with Gasteiger partial charge in [0.15, 0.2) is 0 Å². The van der Waals surface area contributed by atoms with Gasteiger partial charge in [0, 0.05) is 54.6 Å². The fraction of sp³-hybridized carbons (Fsp3) is 0.208. The van der Waals surface area contributed by atoms with E-state index in [1.54, 1.807) is 35.5 Å². The van der Waals surface area contributed by atoms with E-state index in [4.69, 9.17) is 4.74 Å². The molecule has 0 unspecified atom stereocenters. The number of pyridine rings is 2. The molecule has 1 saturated heterocycles. The summed E-state index contributed by atoms with van der Waals surface area (Å²) in [6, 6.07) is 11.1. The maximum absolute atomic E-state index is 12.7. The molecule has 2 aromatic heterocycles. The number of hydrogen-bond donors (Lipinski definition) is 1. The predicted molar refractivity (Wildman–Crippen MR) is 120 cm³/mol. The number of nitrogens with zero attached hydrogens (tertiary/aromatic N) is 3. The second kappa shape index (κ2) is 10.3. The summed E-state index contributed by atoms with van der Waals surface area (Å²) < 4.78 is 47.0. The molecule has 3 heterocycles. The second-order valence-corrected chi connectivity index (χ2v) is 7.36. The van der Waals surface area contributed by atoms with Crippen LogP contribution in [-0.4, -0.2) is 53.4 Å². The van der Waals surface area contributed by atoms with E-state index in [1.807, 2.05) is 6.07 Å². The first-order chi connectivity index (χ1) is 16.4. The number of ether oxygens (including phenoxy) is 2. The molecule has 4 rings (SSSR count). The summed E-state index contributed by atoms with van der Waals surface area (Å²) >= 11 is 0. The molecule has 1 aliphatic heterocycles. The van der Waals surface area contributed by atoms with Crippen LogP contribution in [0.15, 0.2) is 67.3 Å². The molecule has 1 fully saturated rings. The maximum Gasteiger partial charge on any atom is 0.573 e. The van der Waals surface area contributed by atoms with Crippen LogP contribution in [0.5, 0.6) is 5.75 Å². The molecular formula is C24H21F3N4O3. The molecule has 0 radical (unpaired) electrons. The lowest BCUT2D eigenvalue weighted by atomic mass is 10.1. The lowest BCUT2D eigenvalue weighted by Gasteiger charge is -2.26. The summed E-state index contributed by atoms with van der Waals surface area (Å²) in [5, 5.41) is 2.92. The summed E-state index contributed by atoms with van der Waals surface area (Å²) in [5.74, 6) is 0.0990. The molecule has 0 saturated carbocycles. The van der Waals surface area contributed by atoms with E-state index in [1.165, 1.54) is 36.7 Å². The number of halogens is 3. The third-order valence-electron chi connectivity index (χ3n) is 5.02. The highest BCUT2D eigenvalue weighted by atomic mass is 19.4. The number of anilines is 1. The number of aromatic nitrogens is 2. The Labute approximate surface area is 193 Å². The number of hydrogen-bond acceptors (Lipinski definition) is 6. The topological polar surface area (TPSA) is 76.6 Å². The van der Waals surface area contributed by atoms with E-state index in [0.717, 1.165) is 11.1 Å². The van der Waals surface area contributed by atoms with Gasteiger partial charge in [-0.3, -0.25) is 9.78 Å². The highest BCUT2D eigenvalue weighted by Gasteiger charge is 2.31. The zero-order chi connectivity index (χ0) is 24.0. The minimum absolute atomic E-state index is 0.0937. The van der Waals surface area contributed by atoms with Crippen LogP contribution in [0.3, 0.4) is 0 Å². The Morgan fingerprint density at radius 2 is 1.85 bits per heavy atom. The fourth-order valence-electron chi connectivity index (χ4n) is 3.37. The van der Waals surface area contributed by atoms with E-state index in [9.17, 15) is 18.0 Å². The second-order valence-electron chi connectivity index (χ2n) is 7.36. The van der Waals surface area contributed by atoms with Gasteiger partial charge in [0.1, 0.15) is 11.6 Å². The van der Waals surface area contributed by atoms with Crippen molar-refractivity contribution in [2.45, 2.75) is 6.36 Å². The Morgan fingerprint density at radius 3 is 2.59 bits per heavy atom. The van der Waals surface area contributed by atoms with Crippen LogP contribution in [0.1, 0.15) is 15.9 Å². The molecule has 1 N–H and O–H groups in total. The van der Waals surface area contributed by atoms with Crippen LogP contribution in [-0.2, 0) is 4.74 Å². The van der Waals surface area contributed by atoms with E-state index < -0.39 is 6.36 Å². The Kier molecular flexibility index (Phi) is 7.07. The highest BCUT2D eigenvalue weighted by Crippen LogP contribution is 2.27. The standard InChI is InChI=1S/C24H21F3N4O3/c25-24(26,27)34-21-4-2-1-3-17(21)7-8-29-22-6-5-18(16-30-22)19-13-20(15-28-14-19)23(32)31-9-11-33-12-10-31/h1-8,13-16H,9-12H2,(H,29,30)/b8-7+. The molecular weight excluding hydrogens is 449 g/mol. The number of carbonyl (C=O) groups excluding carboxylic acids is 1. The predicted octanol–water partition coefficient (Wildman–Crippen LogP) is 4.60. The van der Waals surface area contributed by atoms with Crippen LogP contribution in [0.25, 0.3) is 17.2 Å². The first kappa shape index (κ1) is 23.2. The molecule has 10 heteroatoms. The van der Waals surface area contributed by atoms with Crippen molar-refractivity contribution >= 4 is 17.8 Å². The number of morpholine rings is 1. The molecule has 0 aliphatic carbocycles. The third kappa shape index (κ3) is 6.10. The molecule has 1 amide bonds. The number of benzene rings is 1. The Bertz CT molecular complexity index is 1160. The van der Waals surface area contributed by atoms with Gasteiger partial charge in [0.2, 0.25) is 0 Å². The first-order valence-electron chi connectivity index (χ1n) is 10.5. The molecule has 0 bridgehead atoms. The van der Waals surface area contributed by atoms with E-state index in [-0.39, 0.29) is 17.2 Å². The van der Waals surface area contributed by atoms with Gasteiger partial charge in [-0.1, -0.05) is 18.2 Å². The van der Waals surface area contributed by atoms with E-state index >= 15 is 0 Å². The summed E-state index contributed by atoms with van der Waals surface area (Å²) in [5.41, 5.74) is 2.26. The SMILES string of the molecule is O=C(c1cncc(-c2ccc(N/C=C/c3ccccc3OC(F)(F)F)nc2)c1)N1CCOCC1. The van der Waals surface area contributed by atoms with Gasteiger partial charge in [0.25, 0.3) is 5.91 Å². The van der Waals surface area contributed by atoms with Crippen LogP contribution < -0.4 is 10.1 Å². The van der Waals surface area contributed by atoms with Crippen LogP contribution in [0, 0.1) is 0 Å². The molecule has 1 aliphatic rings. The minimum atomic E-state index is -4.77. The lowest BCUT2D eigenvalue weighted by Crippen LogP contribution is -2.40. The number of para-hydroxylation sites is 1. The Balaban J connectivity index is 1.42. The number of amides is 1. The fourth-order valence-corrected chi connectivity index (χ4v) is 3.37. The molecule has 0 atom stereocenters. The maximum atomic E-state index is 12.7. The highest BCUT2D eigenvalue weighted by molar-refractivity contribution is 5.95. The number of alkyl halides is 3. The van der Waals surface area contributed by atoms with Crippen molar-refractivity contribution in [3.63, 3.8) is 0 Å². The summed E-state index contributed by atoms with van der Waals surface area (Å²) in [6.07, 6.45) is 2.98. The number of nitrogens with one attached hydrogen (secondary N) is 1. The quantitative estimate of drug-likeness (QED) is 0.568. The largest absolute Gasteiger partial charge is 0.573 e. The van der Waals surface area contributed by atoms with Crippen molar-refractivity contribution in [1.82, 2.24) is 14.9 Å². The average Bonchev–Trinajstić information content (AvgIpc) is 2.85. The Morgan fingerprint density at radius 1 is 1.06 bits per heavy atom. The van der Waals surface area contributed by atoms with Crippen molar-refractivity contribution in [2.24, 2.45) is 0 Å². The smallest absolute Gasteiger partial charge is 0.405 e. The summed E-state index contributed by atoms with van der Waals surface area (Å²) in [7, 11) is 0. The number of carbonyl (C=O) groups is 1. The lowest BCUT2D eigenvalue weighted by molar-refractivity contribution is -0.274. The van der Waals surface area contributed by atoms with Gasteiger partial charge in [-0.15, -0.1) is 13.2 Å². The van der Waals surface area contributed by atoms with Crippen molar-refractivity contribution in [2.75, 3.05) is 31.6 Å². The molecule has 1 aromatic carbocycles. The number of rotatable bonds is 6. The van der Waals surface area contributed by atoms with Crippen molar-refractivity contribution in [1.29, 1.82) is 0 Å². The molecule has 34 heavy (non-hydrogen) atoms. The molecule has 0 spiro atoms. The van der Waals surface area contributed by atoms with Crippen LogP contribution in [0.4, 0.5) is 19.0 Å². The van der Waals surface area contributed by atoms with Crippen molar-refractivity contribution < 1.29 is 27.4 Å². The van der Waals surface area contributed by atoms with Crippen LogP contribution >= 0.6 is 0 Å². The molecule has 3 aromatic rings. The van der Waals surface area contributed by atoms with Crippen LogP contribution in [0.2, 0.25) is 0 Å². The monoisotopic (exact) mass is 470 g/mol. The van der Waals surface area contributed by atoms with Gasteiger partial charge >= 0.3 is 6.36 Å². The normalized spacial score (nSPS) is 14.3. The van der Waals surface area contributed by atoms with Crippen molar-refractivity contribution in [3.8, 4) is 16.9 Å². The summed E-state index contributed by atoms with van der Waals surface area (Å²) in [6.45, 7) is 2.13. The average molecular weight is 470 g/mol. The van der Waals surface area contributed by atoms with Gasteiger partial charge < -0.3 is 19.7 Å². The van der Waals surface area contributed by atoms with E-state index in [2.05, 4.69) is 20.0 Å². The first-order valence-corrected chi connectivity index (χ1v) is 10.5. The molecule has 176 valence electrons. The third-order valence-corrected chi connectivity index (χ3v) is 5.02. The van der Waals surface area contributed by atoms with Gasteiger partial charge in [-0.25, -0.2) is 4.98 Å². The van der Waals surface area contributed by atoms with Crippen molar-refractivity contribution in [3.05, 3.63) is 78.4 Å². The molecule has 7 nitrogen and oxygen atoms in total.